The van der Waals surface area contributed by atoms with Crippen LogP contribution in [0.2, 0.25) is 0 Å². The summed E-state index contributed by atoms with van der Waals surface area (Å²) in [5.41, 5.74) is 0.203. The fourth-order valence-corrected chi connectivity index (χ4v) is 4.25. The third kappa shape index (κ3) is 5.98. The lowest BCUT2D eigenvalue weighted by Crippen LogP contribution is -2.38. The Bertz CT molecular complexity index is 1100. The number of nitrogens with zero attached hydrogens (tertiary/aromatic N) is 4. The zero-order valence-corrected chi connectivity index (χ0v) is 18.3. The van der Waals surface area contributed by atoms with Gasteiger partial charge in [0.2, 0.25) is 5.13 Å². The van der Waals surface area contributed by atoms with Gasteiger partial charge >= 0.3 is 12.2 Å². The summed E-state index contributed by atoms with van der Waals surface area (Å²) in [6.45, 7) is 2.08. The molecule has 6 nitrogen and oxygen atoms in total. The molecule has 1 aromatic heterocycles. The SMILES string of the molecule is O=C(Nc1cccc(C(F)(F)F)c1)N1CCCN(c2nc(Cc3ccc(F)cc3)ns2)CC1. The smallest absolute Gasteiger partial charge is 0.345 e. The van der Waals surface area contributed by atoms with E-state index in [0.29, 0.717) is 44.8 Å². The molecule has 4 rings (SSSR count). The lowest BCUT2D eigenvalue weighted by Gasteiger charge is -2.22. The molecule has 33 heavy (non-hydrogen) atoms. The van der Waals surface area contributed by atoms with E-state index in [4.69, 9.17) is 0 Å². The quantitative estimate of drug-likeness (QED) is 0.533. The number of hydrogen-bond donors (Lipinski definition) is 1. The van der Waals surface area contributed by atoms with E-state index in [1.54, 1.807) is 17.0 Å². The Balaban J connectivity index is 1.34. The summed E-state index contributed by atoms with van der Waals surface area (Å²) >= 11 is 1.27. The maximum Gasteiger partial charge on any atom is 0.416 e. The summed E-state index contributed by atoms with van der Waals surface area (Å²) in [5, 5.41) is 3.30. The van der Waals surface area contributed by atoms with Gasteiger partial charge in [-0.15, -0.1) is 0 Å². The second-order valence-corrected chi connectivity index (χ2v) is 8.36. The maximum atomic E-state index is 13.1. The predicted octanol–water partition coefficient (Wildman–Crippen LogP) is 5.03. The molecule has 3 aromatic rings. The molecule has 2 heterocycles. The minimum atomic E-state index is -4.47. The van der Waals surface area contributed by atoms with Crippen LogP contribution in [-0.2, 0) is 12.6 Å². The number of halogens is 4. The van der Waals surface area contributed by atoms with E-state index >= 15 is 0 Å². The van der Waals surface area contributed by atoms with Crippen molar-refractivity contribution in [2.24, 2.45) is 0 Å². The predicted molar refractivity (Wildman–Crippen MR) is 118 cm³/mol. The number of hydrogen-bond acceptors (Lipinski definition) is 5. The number of carbonyl (C=O) groups is 1. The van der Waals surface area contributed by atoms with Crippen LogP contribution >= 0.6 is 11.5 Å². The van der Waals surface area contributed by atoms with Crippen molar-refractivity contribution in [1.82, 2.24) is 14.3 Å². The van der Waals surface area contributed by atoms with Gasteiger partial charge in [0.1, 0.15) is 11.6 Å². The van der Waals surface area contributed by atoms with E-state index in [9.17, 15) is 22.4 Å². The Hall–Kier alpha value is -3.21. The van der Waals surface area contributed by atoms with Gasteiger partial charge in [-0.2, -0.15) is 17.5 Å². The Morgan fingerprint density at radius 2 is 1.85 bits per heavy atom. The van der Waals surface area contributed by atoms with Gasteiger partial charge in [0, 0.05) is 49.8 Å². The number of nitrogens with one attached hydrogen (secondary N) is 1. The van der Waals surface area contributed by atoms with Crippen LogP contribution < -0.4 is 10.2 Å². The van der Waals surface area contributed by atoms with Crippen LogP contribution in [0.15, 0.2) is 48.5 Å². The van der Waals surface area contributed by atoms with E-state index in [1.165, 1.54) is 35.8 Å². The molecule has 0 saturated carbocycles. The summed E-state index contributed by atoms with van der Waals surface area (Å²) in [7, 11) is 0. The fourth-order valence-electron chi connectivity index (χ4n) is 3.52. The molecular formula is C22H21F4N5OS. The van der Waals surface area contributed by atoms with Gasteiger partial charge in [0.05, 0.1) is 5.56 Å². The van der Waals surface area contributed by atoms with E-state index in [2.05, 4.69) is 14.7 Å². The fraction of sp³-hybridized carbons (Fsp3) is 0.318. The maximum absolute atomic E-state index is 13.1. The first kappa shape index (κ1) is 23.0. The Labute approximate surface area is 192 Å². The number of rotatable bonds is 4. The van der Waals surface area contributed by atoms with Crippen LogP contribution in [0, 0.1) is 5.82 Å². The second-order valence-electron chi connectivity index (χ2n) is 7.63. The number of carbonyl (C=O) groups excluding carboxylic acids is 1. The molecule has 174 valence electrons. The number of benzene rings is 2. The Morgan fingerprint density at radius 1 is 1.06 bits per heavy atom. The average Bonchev–Trinajstić information content (AvgIpc) is 3.09. The van der Waals surface area contributed by atoms with Crippen molar-refractivity contribution in [3.63, 3.8) is 0 Å². The molecule has 0 radical (unpaired) electrons. The third-order valence-electron chi connectivity index (χ3n) is 5.23. The van der Waals surface area contributed by atoms with E-state index in [0.717, 1.165) is 22.8 Å². The van der Waals surface area contributed by atoms with Crippen molar-refractivity contribution < 1.29 is 22.4 Å². The van der Waals surface area contributed by atoms with Crippen LogP contribution in [0.1, 0.15) is 23.4 Å². The van der Waals surface area contributed by atoms with Gasteiger partial charge in [-0.3, -0.25) is 0 Å². The summed E-state index contributed by atoms with van der Waals surface area (Å²) < 4.78 is 56.2. The standard InChI is InChI=1S/C22H21F4N5OS/c23-17-7-5-15(6-8-17)13-19-28-21(33-29-19)31-10-2-9-30(11-12-31)20(32)27-18-4-1-3-16(14-18)22(24,25)26/h1,3-8,14H,2,9-13H2,(H,27,32). The molecule has 0 bridgehead atoms. The normalized spacial score (nSPS) is 14.8. The highest BCUT2D eigenvalue weighted by molar-refractivity contribution is 7.09. The number of alkyl halides is 3. The molecular weight excluding hydrogens is 458 g/mol. The summed E-state index contributed by atoms with van der Waals surface area (Å²) in [4.78, 5) is 20.8. The molecule has 1 aliphatic rings. The monoisotopic (exact) mass is 479 g/mol. The zero-order chi connectivity index (χ0) is 23.4. The van der Waals surface area contributed by atoms with Gasteiger partial charge < -0.3 is 15.1 Å². The van der Waals surface area contributed by atoms with Gasteiger partial charge in [-0.25, -0.2) is 14.2 Å². The number of amides is 2. The Kier molecular flexibility index (Phi) is 6.77. The molecule has 0 atom stereocenters. The van der Waals surface area contributed by atoms with Crippen molar-refractivity contribution in [3.8, 4) is 0 Å². The highest BCUT2D eigenvalue weighted by Crippen LogP contribution is 2.30. The first-order chi connectivity index (χ1) is 15.8. The van der Waals surface area contributed by atoms with E-state index in [-0.39, 0.29) is 11.5 Å². The van der Waals surface area contributed by atoms with Crippen LogP contribution in [0.4, 0.5) is 33.2 Å². The minimum Gasteiger partial charge on any atom is -0.345 e. The first-order valence-corrected chi connectivity index (χ1v) is 11.1. The van der Waals surface area contributed by atoms with Gasteiger partial charge in [0.25, 0.3) is 0 Å². The molecule has 1 fully saturated rings. The molecule has 11 heteroatoms. The molecule has 0 aliphatic carbocycles. The highest BCUT2D eigenvalue weighted by Gasteiger charge is 2.30. The number of urea groups is 1. The van der Waals surface area contributed by atoms with Crippen molar-refractivity contribution in [1.29, 1.82) is 0 Å². The van der Waals surface area contributed by atoms with Crippen LogP contribution in [0.5, 0.6) is 0 Å². The van der Waals surface area contributed by atoms with E-state index < -0.39 is 17.8 Å². The van der Waals surface area contributed by atoms with Crippen molar-refractivity contribution >= 4 is 28.4 Å². The third-order valence-corrected chi connectivity index (χ3v) is 6.04. The van der Waals surface area contributed by atoms with Gasteiger partial charge in [0.15, 0.2) is 0 Å². The van der Waals surface area contributed by atoms with Crippen LogP contribution in [0.3, 0.4) is 0 Å². The summed E-state index contributed by atoms with van der Waals surface area (Å²) in [6.07, 6.45) is -3.29. The van der Waals surface area contributed by atoms with E-state index in [1.807, 2.05) is 4.90 Å². The summed E-state index contributed by atoms with van der Waals surface area (Å²) in [6, 6.07) is 10.3. The van der Waals surface area contributed by atoms with Crippen LogP contribution in [0.25, 0.3) is 0 Å². The lowest BCUT2D eigenvalue weighted by atomic mass is 10.1. The number of aromatic nitrogens is 2. The zero-order valence-electron chi connectivity index (χ0n) is 17.5. The average molecular weight is 480 g/mol. The molecule has 1 N–H and O–H groups in total. The number of anilines is 2. The van der Waals surface area contributed by atoms with Crippen molar-refractivity contribution in [2.75, 3.05) is 36.4 Å². The largest absolute Gasteiger partial charge is 0.416 e. The molecule has 0 spiro atoms. The molecule has 1 saturated heterocycles. The van der Waals surface area contributed by atoms with Crippen molar-refractivity contribution in [3.05, 3.63) is 71.3 Å². The topological polar surface area (TPSA) is 61.4 Å². The molecule has 0 unspecified atom stereocenters. The Morgan fingerprint density at radius 3 is 2.61 bits per heavy atom. The molecule has 2 amide bonds. The second kappa shape index (κ2) is 9.74. The van der Waals surface area contributed by atoms with Gasteiger partial charge in [-0.05, 0) is 42.3 Å². The molecule has 2 aromatic carbocycles. The van der Waals surface area contributed by atoms with Gasteiger partial charge in [-0.1, -0.05) is 18.2 Å². The van der Waals surface area contributed by atoms with Crippen LogP contribution in [-0.4, -0.2) is 46.5 Å². The molecule has 1 aliphatic heterocycles. The highest BCUT2D eigenvalue weighted by atomic mass is 32.1. The minimum absolute atomic E-state index is 0.102. The summed E-state index contributed by atoms with van der Waals surface area (Å²) in [5.74, 6) is 0.349. The van der Waals surface area contributed by atoms with Crippen molar-refractivity contribution in [2.45, 2.75) is 19.0 Å². The first-order valence-electron chi connectivity index (χ1n) is 10.3. The lowest BCUT2D eigenvalue weighted by molar-refractivity contribution is -0.137.